The Hall–Kier alpha value is -2.11. The van der Waals surface area contributed by atoms with E-state index in [9.17, 15) is 9.18 Å². The van der Waals surface area contributed by atoms with E-state index in [-0.39, 0.29) is 11.7 Å². The Kier molecular flexibility index (Phi) is 6.82. The van der Waals surface area contributed by atoms with Crippen molar-refractivity contribution in [2.24, 2.45) is 10.4 Å². The molecule has 0 aliphatic carbocycles. The average molecular weight is 308 g/mol. The lowest BCUT2D eigenvalue weighted by Gasteiger charge is -2.24. The van der Waals surface area contributed by atoms with Gasteiger partial charge in [0.2, 0.25) is 5.91 Å². The monoisotopic (exact) mass is 308 g/mol. The van der Waals surface area contributed by atoms with Crippen LogP contribution in [-0.4, -0.2) is 39.1 Å². The number of halogens is 1. The number of amides is 1. The van der Waals surface area contributed by atoms with Gasteiger partial charge in [-0.1, -0.05) is 12.1 Å². The topological polar surface area (TPSA) is 65.5 Å². The fourth-order valence-corrected chi connectivity index (χ4v) is 1.96. The molecule has 0 heterocycles. The van der Waals surface area contributed by atoms with Crippen LogP contribution >= 0.6 is 0 Å². The summed E-state index contributed by atoms with van der Waals surface area (Å²) in [6, 6.07) is 6.53. The molecule has 1 aromatic rings. The van der Waals surface area contributed by atoms with Crippen LogP contribution in [0, 0.1) is 11.2 Å². The lowest BCUT2D eigenvalue weighted by atomic mass is 9.92. The highest BCUT2D eigenvalue weighted by Crippen LogP contribution is 2.12. The lowest BCUT2D eigenvalue weighted by molar-refractivity contribution is -0.128. The van der Waals surface area contributed by atoms with Crippen LogP contribution in [0.25, 0.3) is 0 Å². The van der Waals surface area contributed by atoms with E-state index in [1.807, 2.05) is 19.9 Å². The van der Waals surface area contributed by atoms with Gasteiger partial charge in [0.25, 0.3) is 0 Å². The molecule has 0 aromatic heterocycles. The van der Waals surface area contributed by atoms with Crippen LogP contribution < -0.4 is 16.0 Å². The summed E-state index contributed by atoms with van der Waals surface area (Å²) in [5, 5.41) is 8.92. The maximum absolute atomic E-state index is 13.1. The minimum Gasteiger partial charge on any atom is -0.359 e. The SMILES string of the molecule is CN=C(NCCc1cccc(F)c1)NCC(C)(C)C(=O)NC. The van der Waals surface area contributed by atoms with Crippen molar-refractivity contribution in [1.82, 2.24) is 16.0 Å². The Morgan fingerprint density at radius 3 is 2.64 bits per heavy atom. The normalized spacial score (nSPS) is 12.0. The number of aliphatic imine (C=N–C) groups is 1. The van der Waals surface area contributed by atoms with E-state index in [4.69, 9.17) is 0 Å². The van der Waals surface area contributed by atoms with E-state index < -0.39 is 5.41 Å². The average Bonchev–Trinajstić information content (AvgIpc) is 2.49. The number of carbonyl (C=O) groups is 1. The molecule has 1 rings (SSSR count). The maximum atomic E-state index is 13.1. The van der Waals surface area contributed by atoms with Crippen molar-refractivity contribution in [3.8, 4) is 0 Å². The summed E-state index contributed by atoms with van der Waals surface area (Å²) >= 11 is 0. The van der Waals surface area contributed by atoms with E-state index in [0.29, 0.717) is 25.5 Å². The van der Waals surface area contributed by atoms with Crippen molar-refractivity contribution >= 4 is 11.9 Å². The molecule has 0 spiro atoms. The molecule has 1 aromatic carbocycles. The summed E-state index contributed by atoms with van der Waals surface area (Å²) in [7, 11) is 3.29. The smallest absolute Gasteiger partial charge is 0.227 e. The Balaban J connectivity index is 2.42. The lowest BCUT2D eigenvalue weighted by Crippen LogP contribution is -2.47. The Labute approximate surface area is 131 Å². The maximum Gasteiger partial charge on any atom is 0.227 e. The molecule has 122 valence electrons. The van der Waals surface area contributed by atoms with Gasteiger partial charge in [0.05, 0.1) is 5.41 Å². The van der Waals surface area contributed by atoms with Gasteiger partial charge >= 0.3 is 0 Å². The first-order valence-corrected chi connectivity index (χ1v) is 7.30. The highest BCUT2D eigenvalue weighted by atomic mass is 19.1. The fraction of sp³-hybridized carbons (Fsp3) is 0.500. The first-order chi connectivity index (χ1) is 10.4. The van der Waals surface area contributed by atoms with Gasteiger partial charge in [0.15, 0.2) is 5.96 Å². The predicted octanol–water partition coefficient (Wildman–Crippen LogP) is 1.31. The first kappa shape index (κ1) is 17.9. The number of guanidine groups is 1. The second kappa shape index (κ2) is 8.36. The van der Waals surface area contributed by atoms with Gasteiger partial charge in [0, 0.05) is 27.2 Å². The minimum atomic E-state index is -0.533. The van der Waals surface area contributed by atoms with E-state index in [1.165, 1.54) is 12.1 Å². The fourth-order valence-electron chi connectivity index (χ4n) is 1.96. The summed E-state index contributed by atoms with van der Waals surface area (Å²) in [6.07, 6.45) is 0.692. The van der Waals surface area contributed by atoms with Gasteiger partial charge in [-0.05, 0) is 38.0 Å². The Bertz CT molecular complexity index is 529. The molecule has 0 saturated heterocycles. The number of benzene rings is 1. The standard InChI is InChI=1S/C16H25FN4O/c1-16(2,14(22)18-3)11-21-15(19-4)20-9-8-12-6-5-7-13(17)10-12/h5-7,10H,8-9,11H2,1-4H3,(H,18,22)(H2,19,20,21). The van der Waals surface area contributed by atoms with Crippen LogP contribution in [-0.2, 0) is 11.2 Å². The zero-order valence-corrected chi connectivity index (χ0v) is 13.7. The number of nitrogens with one attached hydrogen (secondary N) is 3. The molecule has 6 heteroatoms. The van der Waals surface area contributed by atoms with Crippen molar-refractivity contribution in [2.45, 2.75) is 20.3 Å². The first-order valence-electron chi connectivity index (χ1n) is 7.30. The third kappa shape index (κ3) is 5.71. The van der Waals surface area contributed by atoms with Crippen LogP contribution in [0.3, 0.4) is 0 Å². The molecule has 22 heavy (non-hydrogen) atoms. The van der Waals surface area contributed by atoms with Gasteiger partial charge in [-0.3, -0.25) is 9.79 Å². The quantitative estimate of drug-likeness (QED) is 0.548. The van der Waals surface area contributed by atoms with E-state index in [0.717, 1.165) is 5.56 Å². The second-order valence-corrected chi connectivity index (χ2v) is 5.70. The van der Waals surface area contributed by atoms with Crippen LogP contribution in [0.1, 0.15) is 19.4 Å². The molecule has 5 nitrogen and oxygen atoms in total. The molecule has 0 fully saturated rings. The predicted molar refractivity (Wildman–Crippen MR) is 87.3 cm³/mol. The molecule has 0 saturated carbocycles. The van der Waals surface area contributed by atoms with Gasteiger partial charge in [-0.2, -0.15) is 0 Å². The molecule has 0 aliphatic heterocycles. The summed E-state index contributed by atoms with van der Waals surface area (Å²) in [4.78, 5) is 15.8. The minimum absolute atomic E-state index is 0.0322. The van der Waals surface area contributed by atoms with Crippen LogP contribution in [0.4, 0.5) is 4.39 Å². The van der Waals surface area contributed by atoms with Crippen molar-refractivity contribution in [3.63, 3.8) is 0 Å². The third-order valence-corrected chi connectivity index (χ3v) is 3.36. The molecule has 0 radical (unpaired) electrons. The molecular weight excluding hydrogens is 283 g/mol. The van der Waals surface area contributed by atoms with Crippen molar-refractivity contribution in [3.05, 3.63) is 35.6 Å². The van der Waals surface area contributed by atoms with Gasteiger partial charge in [0.1, 0.15) is 5.82 Å². The summed E-state index contributed by atoms with van der Waals surface area (Å²) in [5.74, 6) is 0.357. The molecule has 0 atom stereocenters. The highest BCUT2D eigenvalue weighted by molar-refractivity contribution is 5.84. The largest absolute Gasteiger partial charge is 0.359 e. The molecule has 0 unspecified atom stereocenters. The van der Waals surface area contributed by atoms with Crippen molar-refractivity contribution in [2.75, 3.05) is 27.2 Å². The zero-order valence-electron chi connectivity index (χ0n) is 13.7. The van der Waals surface area contributed by atoms with Crippen LogP contribution in [0.2, 0.25) is 0 Å². The van der Waals surface area contributed by atoms with Crippen LogP contribution in [0.5, 0.6) is 0 Å². The number of nitrogens with zero attached hydrogens (tertiary/aromatic N) is 1. The van der Waals surface area contributed by atoms with Gasteiger partial charge < -0.3 is 16.0 Å². The number of rotatable bonds is 6. The molecule has 0 bridgehead atoms. The molecule has 1 amide bonds. The highest BCUT2D eigenvalue weighted by Gasteiger charge is 2.26. The molecule has 0 aliphatic rings. The van der Waals surface area contributed by atoms with E-state index >= 15 is 0 Å². The number of hydrogen-bond acceptors (Lipinski definition) is 2. The van der Waals surface area contributed by atoms with E-state index in [2.05, 4.69) is 20.9 Å². The number of carbonyl (C=O) groups excluding carboxylic acids is 1. The number of hydrogen-bond donors (Lipinski definition) is 3. The van der Waals surface area contributed by atoms with Crippen molar-refractivity contribution < 1.29 is 9.18 Å². The van der Waals surface area contributed by atoms with Crippen LogP contribution in [0.15, 0.2) is 29.3 Å². The van der Waals surface area contributed by atoms with Gasteiger partial charge in [-0.15, -0.1) is 0 Å². The third-order valence-electron chi connectivity index (χ3n) is 3.36. The summed E-state index contributed by atoms with van der Waals surface area (Å²) < 4.78 is 13.1. The van der Waals surface area contributed by atoms with Gasteiger partial charge in [-0.25, -0.2) is 4.39 Å². The summed E-state index contributed by atoms with van der Waals surface area (Å²) in [5.41, 5.74) is 0.392. The molecular formula is C16H25FN4O. The van der Waals surface area contributed by atoms with Crippen molar-refractivity contribution in [1.29, 1.82) is 0 Å². The summed E-state index contributed by atoms with van der Waals surface area (Å²) in [6.45, 7) is 4.81. The molecule has 3 N–H and O–H groups in total. The second-order valence-electron chi connectivity index (χ2n) is 5.70. The Morgan fingerprint density at radius 2 is 2.05 bits per heavy atom. The Morgan fingerprint density at radius 1 is 1.32 bits per heavy atom. The zero-order chi connectivity index (χ0) is 16.6. The van der Waals surface area contributed by atoms with E-state index in [1.54, 1.807) is 20.2 Å².